The highest BCUT2D eigenvalue weighted by Crippen LogP contribution is 2.35. The van der Waals surface area contributed by atoms with Crippen molar-refractivity contribution in [1.29, 1.82) is 0 Å². The van der Waals surface area contributed by atoms with Crippen molar-refractivity contribution >= 4 is 0 Å². The summed E-state index contributed by atoms with van der Waals surface area (Å²) in [6, 6.07) is 19.1. The van der Waals surface area contributed by atoms with E-state index in [9.17, 15) is 4.39 Å². The SMILES string of the molecule is Cc1ccccc1CCCc1c(-c2ccncc2)c(-c2ccc(F)cc2)nn1C. The van der Waals surface area contributed by atoms with Crippen molar-refractivity contribution in [3.8, 4) is 22.4 Å². The minimum absolute atomic E-state index is 0.242. The lowest BCUT2D eigenvalue weighted by Gasteiger charge is -2.09. The number of aromatic nitrogens is 3. The van der Waals surface area contributed by atoms with Gasteiger partial charge in [-0.05, 0) is 79.3 Å². The molecule has 4 rings (SSSR count). The number of rotatable bonds is 6. The van der Waals surface area contributed by atoms with Gasteiger partial charge in [-0.1, -0.05) is 24.3 Å². The summed E-state index contributed by atoms with van der Waals surface area (Å²) in [5.41, 5.74) is 7.88. The van der Waals surface area contributed by atoms with Gasteiger partial charge < -0.3 is 0 Å². The van der Waals surface area contributed by atoms with Gasteiger partial charge in [-0.15, -0.1) is 0 Å². The van der Waals surface area contributed by atoms with Crippen LogP contribution >= 0.6 is 0 Å². The molecule has 0 saturated carbocycles. The first kappa shape index (κ1) is 19.1. The van der Waals surface area contributed by atoms with E-state index >= 15 is 0 Å². The molecule has 0 saturated heterocycles. The molecule has 3 nitrogen and oxygen atoms in total. The standard InChI is InChI=1S/C25H24FN3/c1-18-6-3-4-7-19(18)8-5-9-23-24(20-14-16-27-17-15-20)25(28-29(23)2)21-10-12-22(26)13-11-21/h3-4,6-7,10-17H,5,8-9H2,1-2H3. The zero-order valence-electron chi connectivity index (χ0n) is 16.8. The molecule has 0 fully saturated rings. The van der Waals surface area contributed by atoms with E-state index in [1.807, 2.05) is 23.9 Å². The summed E-state index contributed by atoms with van der Waals surface area (Å²) < 4.78 is 15.4. The molecule has 0 bridgehead atoms. The van der Waals surface area contributed by atoms with Crippen LogP contribution in [-0.2, 0) is 19.9 Å². The van der Waals surface area contributed by atoms with Crippen molar-refractivity contribution in [2.24, 2.45) is 7.05 Å². The van der Waals surface area contributed by atoms with Crippen molar-refractivity contribution in [2.45, 2.75) is 26.2 Å². The van der Waals surface area contributed by atoms with Crippen LogP contribution in [0.2, 0.25) is 0 Å². The Kier molecular flexibility index (Phi) is 5.52. The fourth-order valence-corrected chi connectivity index (χ4v) is 3.81. The molecule has 0 amide bonds. The number of hydrogen-bond donors (Lipinski definition) is 0. The molecule has 146 valence electrons. The van der Waals surface area contributed by atoms with Crippen molar-refractivity contribution in [3.05, 3.63) is 95.7 Å². The van der Waals surface area contributed by atoms with E-state index in [0.29, 0.717) is 0 Å². The van der Waals surface area contributed by atoms with Crippen LogP contribution in [0.15, 0.2) is 73.1 Å². The smallest absolute Gasteiger partial charge is 0.123 e. The third kappa shape index (κ3) is 4.11. The second kappa shape index (κ2) is 8.39. The van der Waals surface area contributed by atoms with E-state index in [-0.39, 0.29) is 5.82 Å². The van der Waals surface area contributed by atoms with Gasteiger partial charge in [0.1, 0.15) is 11.5 Å². The second-order valence-electron chi connectivity index (χ2n) is 7.32. The summed E-state index contributed by atoms with van der Waals surface area (Å²) in [6.45, 7) is 2.16. The number of pyridine rings is 1. The minimum atomic E-state index is -0.242. The summed E-state index contributed by atoms with van der Waals surface area (Å²) >= 11 is 0. The highest BCUT2D eigenvalue weighted by molar-refractivity contribution is 5.82. The molecule has 0 N–H and O–H groups in total. The average Bonchev–Trinajstić information content (AvgIpc) is 3.07. The van der Waals surface area contributed by atoms with Gasteiger partial charge in [0, 0.05) is 36.3 Å². The molecule has 29 heavy (non-hydrogen) atoms. The maximum atomic E-state index is 13.4. The lowest BCUT2D eigenvalue weighted by Crippen LogP contribution is -2.01. The largest absolute Gasteiger partial charge is 0.271 e. The van der Waals surface area contributed by atoms with Crippen LogP contribution in [-0.4, -0.2) is 14.8 Å². The third-order valence-electron chi connectivity index (χ3n) is 5.37. The molecule has 0 aliphatic carbocycles. The van der Waals surface area contributed by atoms with Gasteiger partial charge in [0.2, 0.25) is 0 Å². The average molecular weight is 385 g/mol. The first-order valence-electron chi connectivity index (χ1n) is 9.90. The van der Waals surface area contributed by atoms with Gasteiger partial charge in [0.15, 0.2) is 0 Å². The van der Waals surface area contributed by atoms with Crippen molar-refractivity contribution < 1.29 is 4.39 Å². The summed E-state index contributed by atoms with van der Waals surface area (Å²) in [5.74, 6) is -0.242. The van der Waals surface area contributed by atoms with Crippen LogP contribution in [0, 0.1) is 12.7 Å². The second-order valence-corrected chi connectivity index (χ2v) is 7.32. The molecule has 0 unspecified atom stereocenters. The van der Waals surface area contributed by atoms with E-state index in [1.54, 1.807) is 24.5 Å². The normalized spacial score (nSPS) is 11.0. The van der Waals surface area contributed by atoms with E-state index in [4.69, 9.17) is 5.10 Å². The fourth-order valence-electron chi connectivity index (χ4n) is 3.81. The number of halogens is 1. The van der Waals surface area contributed by atoms with Crippen LogP contribution in [0.3, 0.4) is 0 Å². The first-order chi connectivity index (χ1) is 14.1. The summed E-state index contributed by atoms with van der Waals surface area (Å²) in [4.78, 5) is 4.16. The summed E-state index contributed by atoms with van der Waals surface area (Å²) in [7, 11) is 1.99. The van der Waals surface area contributed by atoms with Crippen LogP contribution in [0.5, 0.6) is 0 Å². The Balaban J connectivity index is 1.69. The highest BCUT2D eigenvalue weighted by atomic mass is 19.1. The van der Waals surface area contributed by atoms with Gasteiger partial charge in [-0.25, -0.2) is 4.39 Å². The lowest BCUT2D eigenvalue weighted by atomic mass is 9.96. The molecule has 0 spiro atoms. The van der Waals surface area contributed by atoms with E-state index in [2.05, 4.69) is 36.2 Å². The Labute approximate surface area is 170 Å². The zero-order chi connectivity index (χ0) is 20.2. The predicted molar refractivity (Wildman–Crippen MR) is 115 cm³/mol. The Hall–Kier alpha value is -3.27. The van der Waals surface area contributed by atoms with E-state index in [1.165, 1.54) is 29.0 Å². The predicted octanol–water partition coefficient (Wildman–Crippen LogP) is 5.77. The summed E-state index contributed by atoms with van der Waals surface area (Å²) in [6.07, 6.45) is 6.57. The number of hydrogen-bond acceptors (Lipinski definition) is 2. The number of benzene rings is 2. The van der Waals surface area contributed by atoms with Crippen LogP contribution in [0.25, 0.3) is 22.4 Å². The van der Waals surface area contributed by atoms with Gasteiger partial charge in [-0.3, -0.25) is 9.67 Å². The molecule has 0 aliphatic heterocycles. The molecular weight excluding hydrogens is 361 g/mol. The maximum absolute atomic E-state index is 13.4. The molecule has 2 heterocycles. The van der Waals surface area contributed by atoms with Gasteiger partial charge >= 0.3 is 0 Å². The Morgan fingerprint density at radius 1 is 0.862 bits per heavy atom. The van der Waals surface area contributed by atoms with Gasteiger partial charge in [0.05, 0.1) is 0 Å². The zero-order valence-corrected chi connectivity index (χ0v) is 16.8. The van der Waals surface area contributed by atoms with Crippen molar-refractivity contribution in [3.63, 3.8) is 0 Å². The van der Waals surface area contributed by atoms with Crippen LogP contribution in [0.1, 0.15) is 23.2 Å². The molecular formula is C25H24FN3. The van der Waals surface area contributed by atoms with Crippen molar-refractivity contribution in [2.75, 3.05) is 0 Å². The molecule has 0 atom stereocenters. The van der Waals surface area contributed by atoms with Crippen LogP contribution < -0.4 is 0 Å². The topological polar surface area (TPSA) is 30.7 Å². The Bertz CT molecular complexity index is 1100. The minimum Gasteiger partial charge on any atom is -0.271 e. The van der Waals surface area contributed by atoms with E-state index in [0.717, 1.165) is 41.6 Å². The fraction of sp³-hybridized carbons (Fsp3) is 0.200. The quantitative estimate of drug-likeness (QED) is 0.422. The third-order valence-corrected chi connectivity index (χ3v) is 5.37. The molecule has 0 radical (unpaired) electrons. The first-order valence-corrected chi connectivity index (χ1v) is 9.90. The molecule has 4 heteroatoms. The van der Waals surface area contributed by atoms with Gasteiger partial charge in [0.25, 0.3) is 0 Å². The molecule has 0 aliphatic rings. The van der Waals surface area contributed by atoms with E-state index < -0.39 is 0 Å². The van der Waals surface area contributed by atoms with Crippen LogP contribution in [0.4, 0.5) is 4.39 Å². The molecule has 4 aromatic rings. The van der Waals surface area contributed by atoms with Crippen molar-refractivity contribution in [1.82, 2.24) is 14.8 Å². The monoisotopic (exact) mass is 385 g/mol. The number of nitrogens with zero attached hydrogens (tertiary/aromatic N) is 3. The maximum Gasteiger partial charge on any atom is 0.123 e. The Morgan fingerprint density at radius 3 is 2.31 bits per heavy atom. The number of aryl methyl sites for hydroxylation is 3. The van der Waals surface area contributed by atoms with Gasteiger partial charge in [-0.2, -0.15) is 5.10 Å². The highest BCUT2D eigenvalue weighted by Gasteiger charge is 2.19. The Morgan fingerprint density at radius 2 is 1.59 bits per heavy atom. The summed E-state index contributed by atoms with van der Waals surface area (Å²) in [5, 5.41) is 4.80. The lowest BCUT2D eigenvalue weighted by molar-refractivity contribution is 0.628. The molecule has 2 aromatic carbocycles. The molecule has 2 aromatic heterocycles.